The summed E-state index contributed by atoms with van der Waals surface area (Å²) in [4.78, 5) is 12.7. The van der Waals surface area contributed by atoms with Gasteiger partial charge in [-0.15, -0.1) is 21.9 Å². The van der Waals surface area contributed by atoms with Crippen molar-refractivity contribution in [2.24, 2.45) is 0 Å². The number of carbonyl (C=O) groups is 1. The second kappa shape index (κ2) is 20.2. The zero-order valence-electron chi connectivity index (χ0n) is 33.8. The predicted octanol–water partition coefficient (Wildman–Crippen LogP) is 11.0. The minimum Gasteiger partial charge on any atom is -0.289 e. The van der Waals surface area contributed by atoms with Gasteiger partial charge in [0.2, 0.25) is 5.78 Å². The molecule has 0 N–H and O–H groups in total. The average Bonchev–Trinajstić information content (AvgIpc) is 3.34. The van der Waals surface area contributed by atoms with Crippen molar-refractivity contribution in [1.82, 2.24) is 0 Å². The van der Waals surface area contributed by atoms with Gasteiger partial charge >= 0.3 is 0 Å². The fourth-order valence-electron chi connectivity index (χ4n) is 8.98. The van der Waals surface area contributed by atoms with Gasteiger partial charge in [0.15, 0.2) is 75.6 Å². The molecule has 360 valence electrons. The van der Waals surface area contributed by atoms with Crippen LogP contribution in [0.25, 0.3) is 0 Å². The van der Waals surface area contributed by atoms with Gasteiger partial charge in [0.05, 0.1) is 0 Å². The Morgan fingerprint density at radius 2 is 0.582 bits per heavy atom. The lowest BCUT2D eigenvalue weighted by Gasteiger charge is -2.44. The van der Waals surface area contributed by atoms with Crippen molar-refractivity contribution >= 4 is 44.7 Å². The van der Waals surface area contributed by atoms with Crippen molar-refractivity contribution in [2.45, 2.75) is 74.7 Å². The number of Topliss-reactive ketones (excluding diaryl/α,β-unsaturated/α-hetero) is 1. The van der Waals surface area contributed by atoms with Gasteiger partial charge < -0.3 is 0 Å². The Morgan fingerprint density at radius 1 is 0.358 bits per heavy atom. The van der Waals surface area contributed by atoms with Crippen molar-refractivity contribution in [2.75, 3.05) is 5.75 Å². The van der Waals surface area contributed by atoms with Crippen LogP contribution in [0.1, 0.15) is 74.6 Å². The molecule has 0 aromatic heterocycles. The van der Waals surface area contributed by atoms with Gasteiger partial charge in [0.25, 0.3) is 0 Å². The number of hydrogen-bond donors (Lipinski definition) is 0. The number of rotatable bonds is 9. The molecule has 2 fully saturated rings. The zero-order chi connectivity index (χ0) is 49.6. The molecule has 0 atom stereocenters. The Balaban J connectivity index is 0.000000279. The van der Waals surface area contributed by atoms with Crippen molar-refractivity contribution < 1.29 is 92.6 Å². The van der Waals surface area contributed by atoms with Gasteiger partial charge in [0.1, 0.15) is 63.2 Å². The Labute approximate surface area is 369 Å². The Morgan fingerprint density at radius 3 is 0.821 bits per heavy atom. The quantitative estimate of drug-likeness (QED) is 0.0359. The molecular weight excluding hydrogens is 967 g/mol. The molecule has 1 nitrogen and oxygen atoms in total. The van der Waals surface area contributed by atoms with Gasteiger partial charge in [-0.2, -0.15) is 0 Å². The summed E-state index contributed by atoms with van der Waals surface area (Å²) in [6.07, 6.45) is 6.66. The Bertz CT molecular complexity index is 2320. The molecular formula is C44H29BF20OS. The van der Waals surface area contributed by atoms with E-state index in [-0.39, 0.29) is 0 Å². The van der Waals surface area contributed by atoms with Crippen LogP contribution in [-0.2, 0) is 10.9 Å². The van der Waals surface area contributed by atoms with E-state index in [4.69, 9.17) is 0 Å². The molecule has 7 rings (SSSR count). The van der Waals surface area contributed by atoms with Crippen LogP contribution in [-0.4, -0.2) is 28.2 Å². The first-order valence-corrected chi connectivity index (χ1v) is 21.6. The van der Waals surface area contributed by atoms with Crippen LogP contribution >= 0.6 is 0 Å². The SMILES string of the molecule is Fc1c(F)c(F)c([B-](c2c(F)c(F)c(F)c(F)c2F)(c2c(F)c(F)c(F)c(F)c2F)c2c(F)c(F)c(F)c(F)c2F)c(F)c1F.O=C(C[S+](C1CCCCC1)C1CCCCC1)c1ccccc1. The number of benzene rings is 5. The van der Waals surface area contributed by atoms with Crippen molar-refractivity contribution in [3.63, 3.8) is 0 Å². The van der Waals surface area contributed by atoms with Gasteiger partial charge in [-0.05, 0) is 51.4 Å². The van der Waals surface area contributed by atoms with Crippen LogP contribution in [0.5, 0.6) is 0 Å². The molecule has 2 saturated carbocycles. The maximum Gasteiger partial charge on any atom is 0.211 e. The molecule has 5 aromatic rings. The molecule has 0 heterocycles. The second-order valence-corrected chi connectivity index (χ2v) is 18.3. The summed E-state index contributed by atoms with van der Waals surface area (Å²) < 4.78 is 294. The van der Waals surface area contributed by atoms with E-state index in [2.05, 4.69) is 0 Å². The van der Waals surface area contributed by atoms with Gasteiger partial charge in [-0.25, -0.2) is 87.8 Å². The number of ketones is 1. The molecule has 67 heavy (non-hydrogen) atoms. The number of halogens is 20. The van der Waals surface area contributed by atoms with E-state index in [1.54, 1.807) is 0 Å². The molecule has 0 amide bonds. The first-order chi connectivity index (χ1) is 31.5. The highest BCUT2D eigenvalue weighted by Crippen LogP contribution is 2.35. The molecule has 2 aliphatic carbocycles. The van der Waals surface area contributed by atoms with Crippen LogP contribution in [0, 0.1) is 116 Å². The lowest BCUT2D eigenvalue weighted by atomic mass is 9.12. The fraction of sp³-hybridized carbons (Fsp3) is 0.295. The van der Waals surface area contributed by atoms with E-state index in [1.807, 2.05) is 30.3 Å². The summed E-state index contributed by atoms with van der Waals surface area (Å²) >= 11 is 0. The van der Waals surface area contributed by atoms with E-state index in [1.165, 1.54) is 64.2 Å². The molecule has 0 aliphatic heterocycles. The molecule has 0 unspecified atom stereocenters. The summed E-state index contributed by atoms with van der Waals surface area (Å²) in [6.45, 7) is 0. The Hall–Kier alpha value is -5.22. The molecule has 0 saturated heterocycles. The fourth-order valence-corrected chi connectivity index (χ4v) is 12.3. The third kappa shape index (κ3) is 8.77. The largest absolute Gasteiger partial charge is 0.289 e. The third-order valence-electron chi connectivity index (χ3n) is 12.1. The highest BCUT2D eigenvalue weighted by Gasteiger charge is 2.52. The van der Waals surface area contributed by atoms with E-state index < -0.39 is 144 Å². The highest BCUT2D eigenvalue weighted by atomic mass is 32.2. The summed E-state index contributed by atoms with van der Waals surface area (Å²) in [5.41, 5.74) is -13.4. The zero-order valence-corrected chi connectivity index (χ0v) is 34.6. The van der Waals surface area contributed by atoms with Gasteiger partial charge in [-0.3, -0.25) is 4.79 Å². The van der Waals surface area contributed by atoms with Crippen LogP contribution in [0.3, 0.4) is 0 Å². The minimum absolute atomic E-state index is 0.323. The van der Waals surface area contributed by atoms with Gasteiger partial charge in [-0.1, -0.05) is 43.2 Å². The molecule has 0 spiro atoms. The normalized spacial score (nSPS) is 15.0. The summed E-state index contributed by atoms with van der Waals surface area (Å²) in [7, 11) is 0.323. The number of hydrogen-bond acceptors (Lipinski definition) is 1. The molecule has 0 radical (unpaired) electrons. The maximum absolute atomic E-state index is 15.4. The second-order valence-electron chi connectivity index (χ2n) is 15.7. The van der Waals surface area contributed by atoms with Crippen molar-refractivity contribution in [3.05, 3.63) is 152 Å². The van der Waals surface area contributed by atoms with E-state index in [0.717, 1.165) is 21.8 Å². The lowest BCUT2D eigenvalue weighted by molar-refractivity contribution is 0.102. The number of carbonyl (C=O) groups excluding carboxylic acids is 1. The van der Waals surface area contributed by atoms with Gasteiger partial charge in [0, 0.05) is 16.5 Å². The predicted molar refractivity (Wildman–Crippen MR) is 206 cm³/mol. The Kier molecular flexibility index (Phi) is 15.4. The van der Waals surface area contributed by atoms with Crippen molar-refractivity contribution in [1.29, 1.82) is 0 Å². The summed E-state index contributed by atoms with van der Waals surface area (Å²) in [5, 5.41) is 1.68. The van der Waals surface area contributed by atoms with Crippen LogP contribution < -0.4 is 21.9 Å². The first-order valence-electron chi connectivity index (χ1n) is 20.0. The monoisotopic (exact) mass is 996 g/mol. The van der Waals surface area contributed by atoms with E-state index >= 15 is 35.1 Å². The van der Waals surface area contributed by atoms with E-state index in [0.29, 0.717) is 16.7 Å². The summed E-state index contributed by atoms with van der Waals surface area (Å²) in [6, 6.07) is 9.97. The molecule has 0 bridgehead atoms. The molecule has 23 heteroatoms. The lowest BCUT2D eigenvalue weighted by Crippen LogP contribution is -2.81. The first kappa shape index (κ1) is 51.2. The standard InChI is InChI=1S/C24BF20.C20H29OS/c26-5-1(6(27)14(35)21(42)13(5)34)25(2-7(28)15(36)22(43)16(37)8(2)29,3-9(30)17(38)23(44)18(39)10(3)31)4-11(32)19(40)24(45)20(41)12(4)33;21-20(17-10-4-1-5-11-17)16-22(18-12-6-2-7-13-18)19-14-8-3-9-15-19/h;1,4-5,10-11,18-19H,2-3,6-9,12-16H2/q-1;+1. The maximum atomic E-state index is 15.4. The van der Waals surface area contributed by atoms with Crippen LogP contribution in [0.15, 0.2) is 30.3 Å². The minimum atomic E-state index is -7.22. The smallest absolute Gasteiger partial charge is 0.211 e. The highest BCUT2D eigenvalue weighted by molar-refractivity contribution is 7.98. The molecule has 5 aromatic carbocycles. The van der Waals surface area contributed by atoms with Crippen LogP contribution in [0.2, 0.25) is 0 Å². The van der Waals surface area contributed by atoms with E-state index in [9.17, 15) is 57.5 Å². The van der Waals surface area contributed by atoms with Crippen LogP contribution in [0.4, 0.5) is 87.8 Å². The molecule has 2 aliphatic rings. The third-order valence-corrected chi connectivity index (χ3v) is 15.3. The topological polar surface area (TPSA) is 17.1 Å². The summed E-state index contributed by atoms with van der Waals surface area (Å²) in [5.74, 6) is -70.2. The van der Waals surface area contributed by atoms with Crippen molar-refractivity contribution in [3.8, 4) is 0 Å². The average molecular weight is 997 g/mol.